The van der Waals surface area contributed by atoms with Crippen LogP contribution in [0.15, 0.2) is 164 Å². The number of benzene rings is 4. The van der Waals surface area contributed by atoms with Gasteiger partial charge in [0.25, 0.3) is 0 Å². The van der Waals surface area contributed by atoms with Crippen LogP contribution in [0, 0.1) is 6.92 Å². The maximum atomic E-state index is 5.24. The standard InChI is InChI=1S/C45H30N6/c1-29-25-40(49-44-36(29)21-19-30-20-22-39(48-43(30)44)37-17-5-7-23-46-37)34-15-9-13-32(26-34)33-14-10-16-35(27-33)41-28-42(38-18-6-8-24-47-38)51-45(50-41)31-11-3-2-4-12-31/h2-28H,1H3. The molecule has 9 rings (SSSR count). The van der Waals surface area contributed by atoms with Crippen LogP contribution in [0.25, 0.3) is 89.6 Å². The number of fused-ring (bicyclic) bond motifs is 3. The maximum Gasteiger partial charge on any atom is 0.160 e. The van der Waals surface area contributed by atoms with E-state index in [4.69, 9.17) is 19.9 Å². The Morgan fingerprint density at radius 1 is 0.353 bits per heavy atom. The number of aryl methyl sites for hydroxylation is 1. The highest BCUT2D eigenvalue weighted by molar-refractivity contribution is 6.05. The van der Waals surface area contributed by atoms with Gasteiger partial charge < -0.3 is 0 Å². The maximum absolute atomic E-state index is 5.24. The first-order valence-electron chi connectivity index (χ1n) is 16.9. The first-order valence-corrected chi connectivity index (χ1v) is 16.9. The minimum atomic E-state index is 0.660. The molecule has 240 valence electrons. The van der Waals surface area contributed by atoms with E-state index in [1.54, 1.807) is 12.4 Å². The van der Waals surface area contributed by atoms with Crippen LogP contribution in [0.2, 0.25) is 0 Å². The van der Waals surface area contributed by atoms with Crippen molar-refractivity contribution in [2.45, 2.75) is 6.92 Å². The third-order valence-electron chi connectivity index (χ3n) is 9.11. The summed E-state index contributed by atoms with van der Waals surface area (Å²) in [7, 11) is 0. The minimum Gasteiger partial charge on any atom is -0.255 e. The number of hydrogen-bond donors (Lipinski definition) is 0. The molecule has 4 aromatic carbocycles. The molecule has 9 aromatic rings. The predicted molar refractivity (Wildman–Crippen MR) is 206 cm³/mol. The quantitative estimate of drug-likeness (QED) is 0.166. The van der Waals surface area contributed by atoms with E-state index in [0.717, 1.165) is 89.4 Å². The van der Waals surface area contributed by atoms with Crippen LogP contribution < -0.4 is 0 Å². The number of pyridine rings is 4. The zero-order chi connectivity index (χ0) is 34.1. The van der Waals surface area contributed by atoms with Crippen molar-refractivity contribution in [2.24, 2.45) is 0 Å². The van der Waals surface area contributed by atoms with Crippen molar-refractivity contribution >= 4 is 21.8 Å². The molecular formula is C45H30N6. The predicted octanol–water partition coefficient (Wildman–Crippen LogP) is 10.7. The Bertz CT molecular complexity index is 2640. The lowest BCUT2D eigenvalue weighted by Gasteiger charge is -2.12. The average Bonchev–Trinajstić information content (AvgIpc) is 3.21. The molecule has 5 aromatic heterocycles. The summed E-state index contributed by atoms with van der Waals surface area (Å²) in [6.07, 6.45) is 3.58. The van der Waals surface area contributed by atoms with Gasteiger partial charge in [0, 0.05) is 39.9 Å². The topological polar surface area (TPSA) is 77.3 Å². The highest BCUT2D eigenvalue weighted by atomic mass is 14.9. The molecule has 0 bridgehead atoms. The van der Waals surface area contributed by atoms with Crippen LogP contribution in [-0.4, -0.2) is 29.9 Å². The van der Waals surface area contributed by atoms with Gasteiger partial charge >= 0.3 is 0 Å². The molecule has 0 saturated carbocycles. The van der Waals surface area contributed by atoms with E-state index in [0.29, 0.717) is 5.82 Å². The zero-order valence-electron chi connectivity index (χ0n) is 27.8. The third kappa shape index (κ3) is 5.89. The minimum absolute atomic E-state index is 0.660. The summed E-state index contributed by atoms with van der Waals surface area (Å²) in [6.45, 7) is 2.14. The smallest absolute Gasteiger partial charge is 0.160 e. The molecule has 0 fully saturated rings. The van der Waals surface area contributed by atoms with Gasteiger partial charge in [-0.1, -0.05) is 97.1 Å². The Morgan fingerprint density at radius 2 is 0.922 bits per heavy atom. The number of aromatic nitrogens is 6. The Hall–Kier alpha value is -6.92. The van der Waals surface area contributed by atoms with E-state index in [1.807, 2.05) is 78.9 Å². The molecule has 0 aliphatic rings. The van der Waals surface area contributed by atoms with Crippen molar-refractivity contribution in [1.82, 2.24) is 29.9 Å². The largest absolute Gasteiger partial charge is 0.255 e. The number of hydrogen-bond acceptors (Lipinski definition) is 6. The molecule has 0 atom stereocenters. The lowest BCUT2D eigenvalue weighted by molar-refractivity contribution is 1.16. The van der Waals surface area contributed by atoms with E-state index in [9.17, 15) is 0 Å². The fraction of sp³-hybridized carbons (Fsp3) is 0.0222. The summed E-state index contributed by atoms with van der Waals surface area (Å²) in [6, 6.07) is 51.4. The molecule has 0 aliphatic carbocycles. The van der Waals surface area contributed by atoms with Gasteiger partial charge in [-0.15, -0.1) is 0 Å². The molecule has 0 spiro atoms. The molecule has 6 heteroatoms. The second-order valence-corrected chi connectivity index (χ2v) is 12.5. The van der Waals surface area contributed by atoms with Crippen LogP contribution in [0.4, 0.5) is 0 Å². The van der Waals surface area contributed by atoms with Crippen molar-refractivity contribution in [1.29, 1.82) is 0 Å². The van der Waals surface area contributed by atoms with Crippen LogP contribution in [0.3, 0.4) is 0 Å². The average molecular weight is 655 g/mol. The summed E-state index contributed by atoms with van der Waals surface area (Å²) in [4.78, 5) is 29.3. The highest BCUT2D eigenvalue weighted by Crippen LogP contribution is 2.34. The molecule has 0 saturated heterocycles. The Kier molecular flexibility index (Phi) is 7.59. The second-order valence-electron chi connectivity index (χ2n) is 12.5. The van der Waals surface area contributed by atoms with E-state index < -0.39 is 0 Å². The monoisotopic (exact) mass is 654 g/mol. The van der Waals surface area contributed by atoms with Crippen molar-refractivity contribution in [3.8, 4) is 67.8 Å². The third-order valence-corrected chi connectivity index (χ3v) is 9.11. The van der Waals surface area contributed by atoms with E-state index in [1.165, 1.54) is 0 Å². The van der Waals surface area contributed by atoms with E-state index >= 15 is 0 Å². The molecule has 0 aliphatic heterocycles. The molecule has 5 heterocycles. The molecule has 0 radical (unpaired) electrons. The van der Waals surface area contributed by atoms with Crippen LogP contribution in [0.1, 0.15) is 5.56 Å². The fourth-order valence-corrected chi connectivity index (χ4v) is 6.52. The van der Waals surface area contributed by atoms with Crippen molar-refractivity contribution in [3.05, 3.63) is 170 Å². The lowest BCUT2D eigenvalue weighted by Crippen LogP contribution is -1.97. The van der Waals surface area contributed by atoms with Crippen molar-refractivity contribution in [3.63, 3.8) is 0 Å². The fourth-order valence-electron chi connectivity index (χ4n) is 6.52. The second kappa shape index (κ2) is 12.8. The summed E-state index contributed by atoms with van der Waals surface area (Å²) in [5, 5.41) is 2.13. The SMILES string of the molecule is Cc1cc(-c2cccc(-c3cccc(-c4cc(-c5ccccn5)nc(-c5ccccc5)n4)c3)c2)nc2c1ccc1ccc(-c3ccccn3)nc12. The van der Waals surface area contributed by atoms with E-state index in [-0.39, 0.29) is 0 Å². The van der Waals surface area contributed by atoms with Crippen LogP contribution in [0.5, 0.6) is 0 Å². The molecule has 0 amide bonds. The van der Waals surface area contributed by atoms with Gasteiger partial charge in [0.05, 0.1) is 45.2 Å². The van der Waals surface area contributed by atoms with Gasteiger partial charge in [-0.05, 0) is 78.2 Å². The van der Waals surface area contributed by atoms with Crippen LogP contribution >= 0.6 is 0 Å². The zero-order valence-corrected chi connectivity index (χ0v) is 27.8. The van der Waals surface area contributed by atoms with Gasteiger partial charge in [-0.3, -0.25) is 9.97 Å². The lowest BCUT2D eigenvalue weighted by atomic mass is 9.97. The normalized spacial score (nSPS) is 11.2. The first kappa shape index (κ1) is 30.2. The molecule has 51 heavy (non-hydrogen) atoms. The summed E-state index contributed by atoms with van der Waals surface area (Å²) in [5.41, 5.74) is 13.0. The summed E-state index contributed by atoms with van der Waals surface area (Å²) < 4.78 is 0. The molecule has 0 unspecified atom stereocenters. The first-order chi connectivity index (χ1) is 25.2. The summed E-state index contributed by atoms with van der Waals surface area (Å²) in [5.74, 6) is 0.660. The Morgan fingerprint density at radius 3 is 1.61 bits per heavy atom. The van der Waals surface area contributed by atoms with Gasteiger partial charge in [0.15, 0.2) is 5.82 Å². The summed E-state index contributed by atoms with van der Waals surface area (Å²) >= 11 is 0. The molecule has 6 nitrogen and oxygen atoms in total. The van der Waals surface area contributed by atoms with E-state index in [2.05, 4.69) is 89.7 Å². The number of nitrogens with zero attached hydrogens (tertiary/aromatic N) is 6. The molecule has 0 N–H and O–H groups in total. The number of rotatable bonds is 6. The molecular weight excluding hydrogens is 625 g/mol. The van der Waals surface area contributed by atoms with Crippen molar-refractivity contribution in [2.75, 3.05) is 0 Å². The van der Waals surface area contributed by atoms with Gasteiger partial charge in [-0.25, -0.2) is 19.9 Å². The van der Waals surface area contributed by atoms with Gasteiger partial charge in [0.2, 0.25) is 0 Å². The van der Waals surface area contributed by atoms with Gasteiger partial charge in [0.1, 0.15) is 0 Å². The Labute approximate surface area is 295 Å². The van der Waals surface area contributed by atoms with Gasteiger partial charge in [-0.2, -0.15) is 0 Å². The highest BCUT2D eigenvalue weighted by Gasteiger charge is 2.14. The van der Waals surface area contributed by atoms with Crippen LogP contribution in [-0.2, 0) is 0 Å². The van der Waals surface area contributed by atoms with Crippen molar-refractivity contribution < 1.29 is 0 Å². The Balaban J connectivity index is 1.12.